The maximum absolute atomic E-state index is 14.6. The number of carbonyl (C=O) groups is 1. The van der Waals surface area contributed by atoms with Crippen molar-refractivity contribution in [1.29, 1.82) is 0 Å². The molecule has 1 aliphatic heterocycles. The summed E-state index contributed by atoms with van der Waals surface area (Å²) in [5.74, 6) is -0.977. The van der Waals surface area contributed by atoms with Gasteiger partial charge in [0.25, 0.3) is 0 Å². The van der Waals surface area contributed by atoms with Gasteiger partial charge in [0.2, 0.25) is 0 Å². The Morgan fingerprint density at radius 2 is 1.85 bits per heavy atom. The van der Waals surface area contributed by atoms with Gasteiger partial charge in [-0.25, -0.2) is 22.5 Å². The first-order valence-corrected chi connectivity index (χ1v) is 9.83. The molecule has 26 heavy (non-hydrogen) atoms. The van der Waals surface area contributed by atoms with Crippen molar-refractivity contribution in [2.75, 3.05) is 13.1 Å². The van der Waals surface area contributed by atoms with Gasteiger partial charge in [0.15, 0.2) is 0 Å². The number of nitrogens with one attached hydrogen (secondary N) is 1. The number of halogens is 2. The van der Waals surface area contributed by atoms with E-state index in [1.807, 2.05) is 20.8 Å². The molecule has 1 aliphatic carbocycles. The Bertz CT molecular complexity index is 756. The molecular weight excluding hydrogens is 362 g/mol. The van der Waals surface area contributed by atoms with Crippen LogP contribution in [0.4, 0.5) is 13.6 Å². The summed E-state index contributed by atoms with van der Waals surface area (Å²) >= 11 is 0. The minimum Gasteiger partial charge on any atom is -0.465 e. The minimum absolute atomic E-state index is 0.242. The molecule has 1 saturated heterocycles. The van der Waals surface area contributed by atoms with Crippen LogP contribution in [-0.4, -0.2) is 38.1 Å². The summed E-state index contributed by atoms with van der Waals surface area (Å²) in [6, 6.07) is 1.62. The predicted molar refractivity (Wildman–Crippen MR) is 95.1 cm³/mol. The smallest absolute Gasteiger partial charge is 0.407 e. The van der Waals surface area contributed by atoms with Gasteiger partial charge in [-0.3, -0.25) is 0 Å². The standard InChI is InChI=1S/C18H24F2N2O3S/c1-17(2,3)26(25)21-15-14-11(12(19)4-5-13(14)20)10-18(15)6-8-22(9-7-18)16(23)24/h4-5,15,21H,6-10H2,1-3H3,(H,23,24)/t15-,26?/m0/s1. The second-order valence-corrected chi connectivity index (χ2v) is 10.2. The van der Waals surface area contributed by atoms with E-state index in [1.54, 1.807) is 0 Å². The van der Waals surface area contributed by atoms with Crippen LogP contribution in [0.2, 0.25) is 0 Å². The van der Waals surface area contributed by atoms with Gasteiger partial charge in [0, 0.05) is 18.7 Å². The van der Waals surface area contributed by atoms with E-state index in [4.69, 9.17) is 0 Å². The topological polar surface area (TPSA) is 69.6 Å². The number of hydrogen-bond donors (Lipinski definition) is 2. The number of hydrogen-bond acceptors (Lipinski definition) is 2. The molecule has 1 unspecified atom stereocenters. The molecule has 1 heterocycles. The maximum Gasteiger partial charge on any atom is 0.407 e. The summed E-state index contributed by atoms with van der Waals surface area (Å²) in [4.78, 5) is 12.5. The molecule has 5 nitrogen and oxygen atoms in total. The van der Waals surface area contributed by atoms with Crippen LogP contribution < -0.4 is 4.72 Å². The number of piperidine rings is 1. The third kappa shape index (κ3) is 3.24. The zero-order chi connectivity index (χ0) is 19.3. The molecule has 0 bridgehead atoms. The van der Waals surface area contributed by atoms with E-state index in [0.29, 0.717) is 37.9 Å². The van der Waals surface area contributed by atoms with Crippen molar-refractivity contribution >= 4 is 17.1 Å². The van der Waals surface area contributed by atoms with Crippen molar-refractivity contribution in [2.24, 2.45) is 5.41 Å². The van der Waals surface area contributed by atoms with Crippen LogP contribution >= 0.6 is 0 Å². The van der Waals surface area contributed by atoms with Gasteiger partial charge in [-0.05, 0) is 63.1 Å². The van der Waals surface area contributed by atoms with E-state index < -0.39 is 44.9 Å². The number of fused-ring (bicyclic) bond motifs is 1. The second-order valence-electron chi connectivity index (χ2n) is 8.16. The molecule has 0 radical (unpaired) electrons. The van der Waals surface area contributed by atoms with E-state index in [0.717, 1.165) is 12.1 Å². The predicted octanol–water partition coefficient (Wildman–Crippen LogP) is 3.37. The lowest BCUT2D eigenvalue weighted by Gasteiger charge is -2.43. The number of likely N-dealkylation sites (tertiary alicyclic amines) is 1. The average molecular weight is 386 g/mol. The molecule has 2 aliphatic rings. The molecule has 3 rings (SSSR count). The van der Waals surface area contributed by atoms with Gasteiger partial charge in [-0.1, -0.05) is 0 Å². The normalized spacial score (nSPS) is 23.1. The lowest BCUT2D eigenvalue weighted by Crippen LogP contribution is -2.48. The largest absolute Gasteiger partial charge is 0.465 e. The lowest BCUT2D eigenvalue weighted by atomic mass is 9.73. The van der Waals surface area contributed by atoms with E-state index in [2.05, 4.69) is 4.72 Å². The quantitative estimate of drug-likeness (QED) is 0.819. The molecule has 8 heteroatoms. The average Bonchev–Trinajstić information content (AvgIpc) is 2.86. The molecule has 1 aromatic rings. The highest BCUT2D eigenvalue weighted by atomic mass is 32.2. The number of carboxylic acid groups (broad SMARTS) is 1. The van der Waals surface area contributed by atoms with Crippen LogP contribution in [0.5, 0.6) is 0 Å². The third-order valence-electron chi connectivity index (χ3n) is 5.49. The van der Waals surface area contributed by atoms with E-state index in [9.17, 15) is 22.9 Å². The summed E-state index contributed by atoms with van der Waals surface area (Å²) in [6.45, 7) is 6.04. The highest BCUT2D eigenvalue weighted by Gasteiger charge is 2.51. The fourth-order valence-electron chi connectivity index (χ4n) is 3.94. The van der Waals surface area contributed by atoms with Crippen LogP contribution in [0.15, 0.2) is 12.1 Å². The molecule has 1 fully saturated rings. The monoisotopic (exact) mass is 386 g/mol. The summed E-state index contributed by atoms with van der Waals surface area (Å²) in [7, 11) is -1.46. The van der Waals surface area contributed by atoms with Crippen LogP contribution in [0.1, 0.15) is 50.8 Å². The van der Waals surface area contributed by atoms with Gasteiger partial charge >= 0.3 is 6.09 Å². The number of rotatable bonds is 2. The molecule has 0 saturated carbocycles. The molecule has 1 spiro atoms. The Morgan fingerprint density at radius 1 is 1.27 bits per heavy atom. The van der Waals surface area contributed by atoms with Crippen molar-refractivity contribution in [3.8, 4) is 0 Å². The molecule has 1 aromatic carbocycles. The van der Waals surface area contributed by atoms with Gasteiger partial charge in [-0.15, -0.1) is 0 Å². The number of amides is 1. The van der Waals surface area contributed by atoms with Crippen LogP contribution in [0.3, 0.4) is 0 Å². The Morgan fingerprint density at radius 3 is 2.38 bits per heavy atom. The Hall–Kier alpha value is -1.54. The molecule has 1 amide bonds. The Balaban J connectivity index is 1.99. The first-order chi connectivity index (χ1) is 12.0. The third-order valence-corrected chi connectivity index (χ3v) is 7.05. The van der Waals surface area contributed by atoms with E-state index in [1.165, 1.54) is 4.90 Å². The van der Waals surface area contributed by atoms with Gasteiger partial charge in [0.05, 0.1) is 21.8 Å². The minimum atomic E-state index is -1.46. The number of nitrogens with zero attached hydrogens (tertiary/aromatic N) is 1. The summed E-state index contributed by atoms with van der Waals surface area (Å²) in [5.41, 5.74) is 0.0154. The van der Waals surface area contributed by atoms with Gasteiger partial charge < -0.3 is 10.0 Å². The Kier molecular flexibility index (Phi) is 4.85. The molecular formula is C18H24F2N2O3S. The van der Waals surface area contributed by atoms with Crippen molar-refractivity contribution < 1.29 is 22.9 Å². The fourth-order valence-corrected chi connectivity index (χ4v) is 4.87. The van der Waals surface area contributed by atoms with Crippen molar-refractivity contribution in [1.82, 2.24) is 9.62 Å². The maximum atomic E-state index is 14.6. The summed E-state index contributed by atoms with van der Waals surface area (Å²) < 4.78 is 44.2. The Labute approximate surface area is 154 Å². The van der Waals surface area contributed by atoms with Crippen LogP contribution in [-0.2, 0) is 17.4 Å². The van der Waals surface area contributed by atoms with Crippen LogP contribution in [0, 0.1) is 17.0 Å². The van der Waals surface area contributed by atoms with Crippen molar-refractivity contribution in [2.45, 2.75) is 50.8 Å². The number of benzene rings is 1. The van der Waals surface area contributed by atoms with Gasteiger partial charge in [-0.2, -0.15) is 0 Å². The molecule has 144 valence electrons. The summed E-state index contributed by atoms with van der Waals surface area (Å²) in [6.07, 6.45) is 0.256. The first kappa shape index (κ1) is 19.2. The van der Waals surface area contributed by atoms with Crippen molar-refractivity contribution in [3.63, 3.8) is 0 Å². The van der Waals surface area contributed by atoms with Gasteiger partial charge in [0.1, 0.15) is 11.6 Å². The van der Waals surface area contributed by atoms with Crippen LogP contribution in [0.25, 0.3) is 0 Å². The highest BCUT2D eigenvalue weighted by molar-refractivity contribution is 7.84. The first-order valence-electron chi connectivity index (χ1n) is 8.68. The molecule has 0 aromatic heterocycles. The molecule has 2 atom stereocenters. The molecule has 2 N–H and O–H groups in total. The highest BCUT2D eigenvalue weighted by Crippen LogP contribution is 2.53. The van der Waals surface area contributed by atoms with E-state index >= 15 is 0 Å². The lowest BCUT2D eigenvalue weighted by molar-refractivity contribution is 0.0761. The fraction of sp³-hybridized carbons (Fsp3) is 0.611. The zero-order valence-corrected chi connectivity index (χ0v) is 16.0. The SMILES string of the molecule is CC(C)(C)S(=O)N[C@H]1c2c(F)ccc(F)c2CC12CCN(C(=O)O)CC2. The summed E-state index contributed by atoms with van der Waals surface area (Å²) in [5, 5.41) is 9.19. The van der Waals surface area contributed by atoms with E-state index in [-0.39, 0.29) is 5.56 Å². The van der Waals surface area contributed by atoms with Crippen molar-refractivity contribution in [3.05, 3.63) is 34.9 Å². The second kappa shape index (κ2) is 6.56. The zero-order valence-electron chi connectivity index (χ0n) is 15.1.